The fourth-order valence-electron chi connectivity index (χ4n) is 8.02. The zero-order chi connectivity index (χ0) is 35.1. The maximum atomic E-state index is 12.7. The van der Waals surface area contributed by atoms with E-state index in [1.165, 1.54) is 16.7 Å². The Morgan fingerprint density at radius 2 is 1.29 bits per heavy atom. The highest BCUT2D eigenvalue weighted by atomic mass is 16.3. The molecule has 1 aromatic carbocycles. The predicted octanol–water partition coefficient (Wildman–Crippen LogP) is 10.1. The van der Waals surface area contributed by atoms with E-state index in [0.29, 0.717) is 5.56 Å². The molecule has 4 aromatic rings. The Hall–Kier alpha value is -5.04. The quantitative estimate of drug-likeness (QED) is 0.156. The van der Waals surface area contributed by atoms with Crippen molar-refractivity contribution in [1.29, 1.82) is 0 Å². The molecule has 2 aliphatic heterocycles. The van der Waals surface area contributed by atoms with Gasteiger partial charge in [-0.1, -0.05) is 34.6 Å². The summed E-state index contributed by atoms with van der Waals surface area (Å²) in [6, 6.07) is 9.64. The van der Waals surface area contributed by atoms with Crippen molar-refractivity contribution in [2.45, 2.75) is 93.9 Å². The number of hydrogen-bond donors (Lipinski definition) is 3. The number of aldehydes is 2. The maximum Gasteiger partial charge on any atom is 0.150 e. The number of hydrogen-bond acceptors (Lipinski definition) is 5. The van der Waals surface area contributed by atoms with Crippen LogP contribution < -0.4 is 0 Å². The average molecular weight is 655 g/mol. The van der Waals surface area contributed by atoms with Crippen molar-refractivity contribution in [3.05, 3.63) is 86.5 Å². The van der Waals surface area contributed by atoms with E-state index >= 15 is 0 Å². The second-order valence-corrected chi connectivity index (χ2v) is 13.0. The van der Waals surface area contributed by atoms with Crippen LogP contribution in [0.1, 0.15) is 122 Å². The summed E-state index contributed by atoms with van der Waals surface area (Å²) in [6.45, 7) is 16.9. The van der Waals surface area contributed by atoms with E-state index in [2.05, 4.69) is 69.7 Å². The lowest BCUT2D eigenvalue weighted by molar-refractivity contribution is -0.107. The van der Waals surface area contributed by atoms with E-state index < -0.39 is 0 Å². The number of benzene rings is 1. The molecule has 5 heterocycles. The van der Waals surface area contributed by atoms with Crippen molar-refractivity contribution < 1.29 is 14.7 Å². The van der Waals surface area contributed by atoms with Crippen molar-refractivity contribution >= 4 is 56.9 Å². The number of aryl methyl sites for hydroxylation is 5. The first-order valence-corrected chi connectivity index (χ1v) is 17.6. The van der Waals surface area contributed by atoms with Crippen molar-refractivity contribution in [3.63, 3.8) is 0 Å². The Morgan fingerprint density at radius 1 is 0.653 bits per heavy atom. The Bertz CT molecular complexity index is 2260. The second-order valence-electron chi connectivity index (χ2n) is 13.0. The fraction of sp³-hybridized carbons (Fsp3) is 0.333. The molecule has 0 saturated carbocycles. The summed E-state index contributed by atoms with van der Waals surface area (Å²) in [5.74, 6) is 0.0540. The minimum absolute atomic E-state index is 0.0540. The monoisotopic (exact) mass is 654 g/mol. The van der Waals surface area contributed by atoms with Crippen LogP contribution in [0.2, 0.25) is 0 Å². The first kappa shape index (κ1) is 33.8. The molecule has 0 saturated heterocycles. The van der Waals surface area contributed by atoms with E-state index in [-0.39, 0.29) is 12.2 Å². The van der Waals surface area contributed by atoms with Gasteiger partial charge in [0.1, 0.15) is 12.0 Å². The Kier molecular flexibility index (Phi) is 9.30. The van der Waals surface area contributed by atoms with Crippen LogP contribution in [0.5, 0.6) is 5.75 Å². The molecule has 2 aliphatic rings. The number of carbonyl (C=O) groups is 2. The number of phenols is 1. The molecule has 0 unspecified atom stereocenters. The predicted molar refractivity (Wildman–Crippen MR) is 202 cm³/mol. The molecule has 3 aromatic heterocycles. The smallest absolute Gasteiger partial charge is 0.150 e. The van der Waals surface area contributed by atoms with E-state index in [4.69, 9.17) is 9.97 Å². The van der Waals surface area contributed by atoms with E-state index in [1.807, 2.05) is 13.8 Å². The summed E-state index contributed by atoms with van der Waals surface area (Å²) < 4.78 is 0. The summed E-state index contributed by atoms with van der Waals surface area (Å²) >= 11 is 0. The number of allylic oxidation sites excluding steroid dienone is 4. The zero-order valence-corrected chi connectivity index (χ0v) is 29.9. The lowest BCUT2D eigenvalue weighted by Crippen LogP contribution is -1.98. The number of carbonyl (C=O) groups excluding carboxylic acids is 2. The summed E-state index contributed by atoms with van der Waals surface area (Å²) in [7, 11) is 0. The Labute approximate surface area is 288 Å². The Balaban J connectivity index is 1.96. The van der Waals surface area contributed by atoms with E-state index in [0.717, 1.165) is 134 Å². The number of aromatic amines is 2. The third-order valence-corrected chi connectivity index (χ3v) is 10.4. The van der Waals surface area contributed by atoms with Gasteiger partial charge in [0.05, 0.1) is 28.3 Å². The summed E-state index contributed by atoms with van der Waals surface area (Å²) in [5, 5.41) is 10.6. The molecule has 0 amide bonds. The highest BCUT2D eigenvalue weighted by Crippen LogP contribution is 2.45. The van der Waals surface area contributed by atoms with Crippen LogP contribution in [0.25, 0.3) is 55.5 Å². The number of phenolic OH excluding ortho intramolecular Hbond substituents is 1. The molecule has 49 heavy (non-hydrogen) atoms. The van der Waals surface area contributed by atoms with Crippen LogP contribution >= 0.6 is 0 Å². The molecular formula is C42H46N4O3. The van der Waals surface area contributed by atoms with Gasteiger partial charge in [-0.2, -0.15) is 0 Å². The first-order chi connectivity index (χ1) is 23.6. The van der Waals surface area contributed by atoms with Crippen molar-refractivity contribution in [3.8, 4) is 16.9 Å². The van der Waals surface area contributed by atoms with Gasteiger partial charge < -0.3 is 19.9 Å². The third-order valence-electron chi connectivity index (χ3n) is 10.4. The van der Waals surface area contributed by atoms with Gasteiger partial charge in [-0.3, -0.25) is 4.79 Å². The summed E-state index contributed by atoms with van der Waals surface area (Å²) in [4.78, 5) is 42.8. The molecular weight excluding hydrogens is 608 g/mol. The molecule has 252 valence electrons. The number of nitrogens with zero attached hydrogens (tertiary/aromatic N) is 2. The molecule has 0 spiro atoms. The van der Waals surface area contributed by atoms with Gasteiger partial charge in [-0.05, 0) is 139 Å². The van der Waals surface area contributed by atoms with Crippen molar-refractivity contribution in [1.82, 2.24) is 19.9 Å². The van der Waals surface area contributed by atoms with E-state index in [1.54, 1.807) is 12.1 Å². The van der Waals surface area contributed by atoms with Gasteiger partial charge in [0.2, 0.25) is 0 Å². The molecule has 7 heteroatoms. The molecule has 8 bridgehead atoms. The molecule has 0 atom stereocenters. The lowest BCUT2D eigenvalue weighted by Gasteiger charge is -2.15. The third kappa shape index (κ3) is 5.55. The first-order valence-electron chi connectivity index (χ1n) is 17.6. The van der Waals surface area contributed by atoms with Gasteiger partial charge in [0, 0.05) is 34.1 Å². The number of aromatic nitrogens is 4. The standard InChI is InChI=1S/C42H46N4O3/c1-9-27-23(7)33-18-36-28(10-2)30(12-4)41(45-36)40(39-22(6)16-26(49)17-25(39)21-48)42-31(13-5)29(11-3)37(46-42)19-34-24(8)32(14-15-47)38(44-34)20-35(27)43-33/h15-21,43,46,49H,9-14H2,1-8H3. The highest BCUT2D eigenvalue weighted by Gasteiger charge is 2.27. The summed E-state index contributed by atoms with van der Waals surface area (Å²) in [5.41, 5.74) is 19.0. The van der Waals surface area contributed by atoms with Crippen LogP contribution in [-0.2, 0) is 24.1 Å². The van der Waals surface area contributed by atoms with Gasteiger partial charge in [0.25, 0.3) is 0 Å². The lowest BCUT2D eigenvalue weighted by atomic mass is 9.88. The number of nitrogens with one attached hydrogen (secondary N) is 2. The van der Waals surface area contributed by atoms with Crippen molar-refractivity contribution in [2.75, 3.05) is 0 Å². The molecule has 0 radical (unpaired) electrons. The van der Waals surface area contributed by atoms with Gasteiger partial charge in [-0.15, -0.1) is 0 Å². The molecule has 3 N–H and O–H groups in total. The molecule has 6 rings (SSSR count). The second kappa shape index (κ2) is 13.5. The number of rotatable bonds is 9. The number of H-pyrrole nitrogens is 2. The van der Waals surface area contributed by atoms with Crippen LogP contribution in [0, 0.1) is 13.8 Å². The van der Waals surface area contributed by atoms with Crippen LogP contribution in [0.4, 0.5) is 0 Å². The number of aromatic hydroxyl groups is 1. The SMILES string of the molecule is CCC1=C(CC)c2nc1cc1[nH]c(cc3nc(cc4[nH]c(c(CC)c4CC)c2-c2c(C)cc(O)cc2C=O)C(C)=C3CC=O)c(CC)c1C. The Morgan fingerprint density at radius 3 is 1.92 bits per heavy atom. The highest BCUT2D eigenvalue weighted by molar-refractivity contribution is 6.05. The molecule has 0 aliphatic carbocycles. The average Bonchev–Trinajstić information content (AvgIpc) is 3.79. The molecule has 0 fully saturated rings. The summed E-state index contributed by atoms with van der Waals surface area (Å²) in [6.07, 6.45) is 6.00. The van der Waals surface area contributed by atoms with Crippen LogP contribution in [-0.4, -0.2) is 37.6 Å². The molecule has 7 nitrogen and oxygen atoms in total. The minimum Gasteiger partial charge on any atom is -0.508 e. The van der Waals surface area contributed by atoms with Crippen LogP contribution in [0.3, 0.4) is 0 Å². The number of fused-ring (bicyclic) bond motifs is 8. The van der Waals surface area contributed by atoms with Gasteiger partial charge in [-0.25, -0.2) is 9.97 Å². The zero-order valence-electron chi connectivity index (χ0n) is 29.9. The van der Waals surface area contributed by atoms with Crippen LogP contribution in [0.15, 0.2) is 30.3 Å². The normalized spacial score (nSPS) is 13.1. The maximum absolute atomic E-state index is 12.7. The minimum atomic E-state index is 0.0540. The van der Waals surface area contributed by atoms with E-state index in [9.17, 15) is 14.7 Å². The van der Waals surface area contributed by atoms with Gasteiger partial charge >= 0.3 is 0 Å². The fourth-order valence-corrected chi connectivity index (χ4v) is 8.02. The largest absolute Gasteiger partial charge is 0.508 e. The topological polar surface area (TPSA) is 112 Å². The van der Waals surface area contributed by atoms with Crippen molar-refractivity contribution in [2.24, 2.45) is 0 Å². The van der Waals surface area contributed by atoms with Gasteiger partial charge in [0.15, 0.2) is 6.29 Å².